The van der Waals surface area contributed by atoms with Crippen LogP contribution in [0.5, 0.6) is 0 Å². The Morgan fingerprint density at radius 3 is 2.51 bits per heavy atom. The lowest BCUT2D eigenvalue weighted by molar-refractivity contribution is -0.131. The number of nitrogens with two attached hydrogens (primary N) is 1. The van der Waals surface area contributed by atoms with Crippen molar-refractivity contribution in [1.82, 2.24) is 15.0 Å². The van der Waals surface area contributed by atoms with Gasteiger partial charge in [0.1, 0.15) is 11.5 Å². The van der Waals surface area contributed by atoms with Crippen LogP contribution in [-0.4, -0.2) is 39.9 Å². The highest BCUT2D eigenvalue weighted by Crippen LogP contribution is 2.42. The summed E-state index contributed by atoms with van der Waals surface area (Å²) in [6, 6.07) is 19.9. The number of nitrogens with zero attached hydrogens (tertiary/aromatic N) is 3. The molecular weight excluding hydrogens is 553 g/mol. The monoisotopic (exact) mass is 582 g/mol. The summed E-state index contributed by atoms with van der Waals surface area (Å²) in [7, 11) is 0. The molecule has 0 spiro atoms. The van der Waals surface area contributed by atoms with Crippen molar-refractivity contribution >= 4 is 34.5 Å². The highest BCUT2D eigenvalue weighted by molar-refractivity contribution is 7.10. The number of aryl methyl sites for hydroxylation is 1. The lowest BCUT2D eigenvalue weighted by Gasteiger charge is -2.31. The third-order valence-corrected chi connectivity index (χ3v) is 9.46. The van der Waals surface area contributed by atoms with Crippen LogP contribution >= 0.6 is 22.7 Å². The summed E-state index contributed by atoms with van der Waals surface area (Å²) >= 11 is 3.27. The standard InChI is InChI=1S/C32H30N4O3S2/c1-20-29(26-19-41-32(34-26)22-12-14-36(15-13-22)28(38)18-24-10-6-16-40-24)31(35-39-20)30-23(17-27(33)37)9-5-11-25(30)21-7-3-2-4-8-21/h2-11,16,19,22H,12-15,17-18H2,1H3,(H2,33,37). The Labute approximate surface area is 246 Å². The van der Waals surface area contributed by atoms with Crippen LogP contribution in [0.25, 0.3) is 33.6 Å². The van der Waals surface area contributed by atoms with Gasteiger partial charge >= 0.3 is 0 Å². The molecule has 9 heteroatoms. The molecule has 0 unspecified atom stereocenters. The van der Waals surface area contributed by atoms with Crippen molar-refractivity contribution in [2.24, 2.45) is 5.73 Å². The highest BCUT2D eigenvalue weighted by Gasteiger charge is 2.28. The number of benzene rings is 2. The molecule has 0 radical (unpaired) electrons. The molecule has 1 fully saturated rings. The first-order valence-corrected chi connectivity index (χ1v) is 15.4. The van der Waals surface area contributed by atoms with E-state index >= 15 is 0 Å². The molecular formula is C32H30N4O3S2. The van der Waals surface area contributed by atoms with Gasteiger partial charge in [0.25, 0.3) is 0 Å². The summed E-state index contributed by atoms with van der Waals surface area (Å²) in [5.41, 5.74) is 11.5. The number of piperidine rings is 1. The van der Waals surface area contributed by atoms with Crippen LogP contribution in [0.3, 0.4) is 0 Å². The van der Waals surface area contributed by atoms with E-state index in [4.69, 9.17) is 15.2 Å². The quantitative estimate of drug-likeness (QED) is 0.226. The molecule has 6 rings (SSSR count). The topological polar surface area (TPSA) is 102 Å². The Hall–Kier alpha value is -4.08. The number of carbonyl (C=O) groups excluding carboxylic acids is 2. The van der Waals surface area contributed by atoms with Crippen molar-refractivity contribution in [3.8, 4) is 33.6 Å². The number of hydrogen-bond acceptors (Lipinski definition) is 7. The zero-order valence-electron chi connectivity index (χ0n) is 22.7. The number of rotatable bonds is 8. The fraction of sp³-hybridized carbons (Fsp3) is 0.250. The number of amides is 2. The first-order valence-electron chi connectivity index (χ1n) is 13.7. The molecule has 0 aliphatic carbocycles. The maximum Gasteiger partial charge on any atom is 0.227 e. The molecule has 1 aliphatic rings. The van der Waals surface area contributed by atoms with Gasteiger partial charge in [-0.05, 0) is 47.9 Å². The number of primary amides is 1. The van der Waals surface area contributed by atoms with Crippen molar-refractivity contribution in [1.29, 1.82) is 0 Å². The average molecular weight is 583 g/mol. The highest BCUT2D eigenvalue weighted by atomic mass is 32.1. The second-order valence-corrected chi connectivity index (χ2v) is 12.2. The van der Waals surface area contributed by atoms with E-state index in [1.165, 1.54) is 0 Å². The van der Waals surface area contributed by atoms with Gasteiger partial charge in [-0.2, -0.15) is 0 Å². The Morgan fingerprint density at radius 1 is 0.976 bits per heavy atom. The van der Waals surface area contributed by atoms with Gasteiger partial charge in [0.2, 0.25) is 11.8 Å². The van der Waals surface area contributed by atoms with E-state index in [1.54, 1.807) is 22.7 Å². The van der Waals surface area contributed by atoms with E-state index < -0.39 is 5.91 Å². The van der Waals surface area contributed by atoms with Crippen molar-refractivity contribution in [2.45, 2.75) is 38.5 Å². The lowest BCUT2D eigenvalue weighted by atomic mass is 9.89. The molecule has 5 aromatic rings. The maximum atomic E-state index is 12.8. The number of aromatic nitrogens is 2. The third-order valence-electron chi connectivity index (χ3n) is 7.58. The molecule has 208 valence electrons. The first-order chi connectivity index (χ1) is 20.0. The molecule has 2 amide bonds. The number of carbonyl (C=O) groups is 2. The van der Waals surface area contributed by atoms with Crippen molar-refractivity contribution in [3.63, 3.8) is 0 Å². The number of likely N-dealkylation sites (tertiary alicyclic amines) is 1. The average Bonchev–Trinajstić information content (AvgIpc) is 3.75. The molecule has 0 saturated carbocycles. The largest absolute Gasteiger partial charge is 0.369 e. The SMILES string of the molecule is Cc1onc(-c2c(CC(N)=O)cccc2-c2ccccc2)c1-c1csc(C2CCN(C(=O)Cc3cccs3)CC2)n1. The Kier molecular flexibility index (Phi) is 7.80. The summed E-state index contributed by atoms with van der Waals surface area (Å²) in [5, 5.41) is 9.62. The van der Waals surface area contributed by atoms with Crippen LogP contribution in [0.4, 0.5) is 0 Å². The minimum Gasteiger partial charge on any atom is -0.369 e. The first kappa shape index (κ1) is 27.1. The smallest absolute Gasteiger partial charge is 0.227 e. The van der Waals surface area contributed by atoms with Gasteiger partial charge in [-0.15, -0.1) is 22.7 Å². The minimum absolute atomic E-state index is 0.0907. The van der Waals surface area contributed by atoms with Gasteiger partial charge in [-0.25, -0.2) is 4.98 Å². The molecule has 1 saturated heterocycles. The van der Waals surface area contributed by atoms with Gasteiger partial charge < -0.3 is 15.2 Å². The predicted octanol–water partition coefficient (Wildman–Crippen LogP) is 6.48. The van der Waals surface area contributed by atoms with Crippen LogP contribution in [-0.2, 0) is 22.4 Å². The fourth-order valence-corrected chi connectivity index (χ4v) is 7.24. The van der Waals surface area contributed by atoms with Gasteiger partial charge in [0.05, 0.1) is 29.1 Å². The van der Waals surface area contributed by atoms with Crippen LogP contribution in [0.1, 0.15) is 40.0 Å². The van der Waals surface area contributed by atoms with E-state index in [9.17, 15) is 9.59 Å². The second-order valence-electron chi connectivity index (χ2n) is 10.3. The van der Waals surface area contributed by atoms with Gasteiger partial charge in [0.15, 0.2) is 0 Å². The Morgan fingerprint density at radius 2 is 1.78 bits per heavy atom. The molecule has 4 heterocycles. The van der Waals surface area contributed by atoms with E-state index in [0.717, 1.165) is 69.3 Å². The molecule has 7 nitrogen and oxygen atoms in total. The van der Waals surface area contributed by atoms with Crippen molar-refractivity contribution in [2.75, 3.05) is 13.1 Å². The number of hydrogen-bond donors (Lipinski definition) is 1. The van der Waals surface area contributed by atoms with Gasteiger partial charge in [0, 0.05) is 34.8 Å². The number of thiophene rings is 1. The van der Waals surface area contributed by atoms with Crippen molar-refractivity contribution in [3.05, 3.63) is 92.6 Å². The second kappa shape index (κ2) is 11.8. The third kappa shape index (κ3) is 5.73. The molecule has 0 bridgehead atoms. The molecule has 2 N–H and O–H groups in total. The maximum absolute atomic E-state index is 12.8. The van der Waals surface area contributed by atoms with Gasteiger partial charge in [-0.3, -0.25) is 9.59 Å². The van der Waals surface area contributed by atoms with Crippen LogP contribution < -0.4 is 5.73 Å². The summed E-state index contributed by atoms with van der Waals surface area (Å²) in [4.78, 5) is 33.0. The van der Waals surface area contributed by atoms with Gasteiger partial charge in [-0.1, -0.05) is 59.8 Å². The number of thiazole rings is 1. The van der Waals surface area contributed by atoms with E-state index in [2.05, 4.69) is 10.5 Å². The van der Waals surface area contributed by atoms with Crippen molar-refractivity contribution < 1.29 is 14.1 Å². The Bertz CT molecular complexity index is 1670. The molecule has 1 aliphatic heterocycles. The van der Waals surface area contributed by atoms with Crippen LogP contribution in [0.15, 0.2) is 75.9 Å². The molecule has 41 heavy (non-hydrogen) atoms. The minimum atomic E-state index is -0.408. The predicted molar refractivity (Wildman–Crippen MR) is 163 cm³/mol. The Balaban J connectivity index is 1.28. The van der Waals surface area contributed by atoms with Crippen LogP contribution in [0.2, 0.25) is 0 Å². The molecule has 0 atom stereocenters. The fourth-order valence-electron chi connectivity index (χ4n) is 5.56. The van der Waals surface area contributed by atoms with E-state index in [-0.39, 0.29) is 12.3 Å². The lowest BCUT2D eigenvalue weighted by Crippen LogP contribution is -2.38. The summed E-state index contributed by atoms with van der Waals surface area (Å²) in [6.07, 6.45) is 2.34. The molecule has 2 aromatic carbocycles. The zero-order valence-corrected chi connectivity index (χ0v) is 24.3. The zero-order chi connectivity index (χ0) is 28.3. The summed E-state index contributed by atoms with van der Waals surface area (Å²) < 4.78 is 5.75. The summed E-state index contributed by atoms with van der Waals surface area (Å²) in [5.74, 6) is 0.748. The van der Waals surface area contributed by atoms with E-state index in [0.29, 0.717) is 23.8 Å². The normalized spacial score (nSPS) is 13.9. The summed E-state index contributed by atoms with van der Waals surface area (Å²) in [6.45, 7) is 3.37. The van der Waals surface area contributed by atoms with Crippen LogP contribution in [0, 0.1) is 6.92 Å². The van der Waals surface area contributed by atoms with E-state index in [1.807, 2.05) is 77.9 Å². The molecule has 3 aromatic heterocycles.